The number of carbonyl (C=O) groups excluding carboxylic acids is 1. The Hall–Kier alpha value is -1.31. The molecule has 0 saturated carbocycles. The van der Waals surface area contributed by atoms with Crippen LogP contribution in [0, 0.1) is 0 Å². The molecule has 16 heavy (non-hydrogen) atoms. The maximum absolute atomic E-state index is 11.3. The number of ketones is 1. The minimum atomic E-state index is 0.289. The number of rotatable bonds is 6. The van der Waals surface area contributed by atoms with Crippen molar-refractivity contribution in [2.24, 2.45) is 0 Å². The number of phenols is 1. The monoisotopic (exact) mass is 220 g/mol. The van der Waals surface area contributed by atoms with Crippen LogP contribution in [-0.4, -0.2) is 10.9 Å². The maximum Gasteiger partial charge on any atom is 0.132 e. The van der Waals surface area contributed by atoms with Gasteiger partial charge in [0.25, 0.3) is 0 Å². The summed E-state index contributed by atoms with van der Waals surface area (Å²) >= 11 is 0. The number of benzene rings is 1. The summed E-state index contributed by atoms with van der Waals surface area (Å²) in [5.74, 6) is 0.934. The van der Waals surface area contributed by atoms with Gasteiger partial charge < -0.3 is 5.11 Å². The van der Waals surface area contributed by atoms with Crippen molar-refractivity contribution in [3.63, 3.8) is 0 Å². The molecular weight excluding hydrogens is 200 g/mol. The Bertz CT molecular complexity index is 344. The first kappa shape index (κ1) is 12.8. The summed E-state index contributed by atoms with van der Waals surface area (Å²) in [7, 11) is 0. The van der Waals surface area contributed by atoms with Crippen LogP contribution in [0.1, 0.15) is 51.0 Å². The molecule has 1 aromatic rings. The van der Waals surface area contributed by atoms with E-state index in [-0.39, 0.29) is 5.92 Å². The molecule has 1 rings (SSSR count). The van der Waals surface area contributed by atoms with Crippen molar-refractivity contribution in [1.82, 2.24) is 0 Å². The van der Waals surface area contributed by atoms with Gasteiger partial charge in [0.2, 0.25) is 0 Å². The number of aromatic hydroxyl groups is 1. The fourth-order valence-corrected chi connectivity index (χ4v) is 1.92. The van der Waals surface area contributed by atoms with E-state index < -0.39 is 0 Å². The molecular formula is C14H20O2. The zero-order valence-electron chi connectivity index (χ0n) is 10.1. The Morgan fingerprint density at radius 3 is 2.56 bits per heavy atom. The van der Waals surface area contributed by atoms with Crippen LogP contribution in [0.25, 0.3) is 0 Å². The Kier molecular flexibility index (Phi) is 5.03. The molecule has 0 aromatic heterocycles. The van der Waals surface area contributed by atoms with E-state index in [1.54, 1.807) is 6.07 Å². The van der Waals surface area contributed by atoms with Gasteiger partial charge in [-0.15, -0.1) is 0 Å². The number of hydrogen-bond donors (Lipinski definition) is 1. The first-order valence-electron chi connectivity index (χ1n) is 5.98. The largest absolute Gasteiger partial charge is 0.508 e. The highest BCUT2D eigenvalue weighted by Gasteiger charge is 2.14. The van der Waals surface area contributed by atoms with Gasteiger partial charge in [-0.1, -0.05) is 32.0 Å². The Labute approximate surface area is 97.3 Å². The van der Waals surface area contributed by atoms with Gasteiger partial charge in [0, 0.05) is 12.8 Å². The van der Waals surface area contributed by atoms with Crippen LogP contribution < -0.4 is 0 Å². The van der Waals surface area contributed by atoms with Crippen molar-refractivity contribution in [2.75, 3.05) is 0 Å². The second kappa shape index (κ2) is 6.31. The number of Topliss-reactive ketones (excluding diaryl/α,β-unsaturated/α-hetero) is 1. The highest BCUT2D eigenvalue weighted by molar-refractivity contribution is 5.78. The van der Waals surface area contributed by atoms with E-state index in [2.05, 4.69) is 6.92 Å². The molecule has 0 fully saturated rings. The summed E-state index contributed by atoms with van der Waals surface area (Å²) in [4.78, 5) is 11.3. The van der Waals surface area contributed by atoms with Gasteiger partial charge in [-0.3, -0.25) is 4.79 Å². The Balaban J connectivity index is 2.68. The maximum atomic E-state index is 11.3. The highest BCUT2D eigenvalue weighted by atomic mass is 16.3. The minimum absolute atomic E-state index is 0.289. The molecule has 0 aliphatic carbocycles. The molecule has 0 radical (unpaired) electrons. The van der Waals surface area contributed by atoms with Gasteiger partial charge in [0.05, 0.1) is 0 Å². The normalized spacial score (nSPS) is 12.4. The molecule has 0 heterocycles. The smallest absolute Gasteiger partial charge is 0.132 e. The highest BCUT2D eigenvalue weighted by Crippen LogP contribution is 2.31. The van der Waals surface area contributed by atoms with E-state index in [4.69, 9.17) is 0 Å². The lowest BCUT2D eigenvalue weighted by Crippen LogP contribution is -2.02. The fourth-order valence-electron chi connectivity index (χ4n) is 1.92. The number of carbonyl (C=O) groups is 1. The number of hydrogen-bond acceptors (Lipinski definition) is 2. The fraction of sp³-hybridized carbons (Fsp3) is 0.500. The molecule has 2 heteroatoms. The van der Waals surface area contributed by atoms with Crippen molar-refractivity contribution < 1.29 is 9.90 Å². The molecule has 0 aliphatic heterocycles. The van der Waals surface area contributed by atoms with Gasteiger partial charge in [0.15, 0.2) is 0 Å². The van der Waals surface area contributed by atoms with Crippen LogP contribution in [-0.2, 0) is 4.79 Å². The van der Waals surface area contributed by atoms with Gasteiger partial charge in [-0.2, -0.15) is 0 Å². The van der Waals surface area contributed by atoms with E-state index in [1.807, 2.05) is 25.1 Å². The third kappa shape index (κ3) is 3.37. The summed E-state index contributed by atoms with van der Waals surface area (Å²) < 4.78 is 0. The van der Waals surface area contributed by atoms with Crippen molar-refractivity contribution in [3.05, 3.63) is 29.8 Å². The molecule has 1 unspecified atom stereocenters. The molecule has 1 atom stereocenters. The molecule has 0 amide bonds. The topological polar surface area (TPSA) is 37.3 Å². The lowest BCUT2D eigenvalue weighted by atomic mass is 9.90. The summed E-state index contributed by atoms with van der Waals surface area (Å²) in [6, 6.07) is 7.40. The SMILES string of the molecule is CCC(=O)CCC(CC)c1ccccc1O. The van der Waals surface area contributed by atoms with Crippen LogP contribution in [0.3, 0.4) is 0 Å². The summed E-state index contributed by atoms with van der Waals surface area (Å²) in [5.41, 5.74) is 0.967. The van der Waals surface area contributed by atoms with Crippen LogP contribution in [0.5, 0.6) is 5.75 Å². The predicted octanol–water partition coefficient (Wildman–Crippen LogP) is 3.65. The standard InChI is InChI=1S/C14H20O2/c1-3-11(9-10-12(15)4-2)13-7-5-6-8-14(13)16/h5-8,11,16H,3-4,9-10H2,1-2H3. The Morgan fingerprint density at radius 2 is 2.00 bits per heavy atom. The zero-order chi connectivity index (χ0) is 12.0. The van der Waals surface area contributed by atoms with Gasteiger partial charge in [-0.25, -0.2) is 0 Å². The molecule has 1 aromatic carbocycles. The number of phenolic OH excluding ortho intramolecular Hbond substituents is 1. The van der Waals surface area contributed by atoms with Crippen molar-refractivity contribution in [2.45, 2.75) is 45.4 Å². The van der Waals surface area contributed by atoms with Crippen LogP contribution >= 0.6 is 0 Å². The third-order valence-corrected chi connectivity index (χ3v) is 3.04. The van der Waals surface area contributed by atoms with Crippen LogP contribution in [0.15, 0.2) is 24.3 Å². The Morgan fingerprint density at radius 1 is 1.31 bits per heavy atom. The zero-order valence-corrected chi connectivity index (χ0v) is 10.1. The first-order chi connectivity index (χ1) is 7.69. The van der Waals surface area contributed by atoms with Gasteiger partial charge in [-0.05, 0) is 30.4 Å². The summed E-state index contributed by atoms with van der Waals surface area (Å²) in [6.07, 6.45) is 3.01. The lowest BCUT2D eigenvalue weighted by Gasteiger charge is -2.15. The first-order valence-corrected chi connectivity index (χ1v) is 5.98. The molecule has 0 spiro atoms. The van der Waals surface area contributed by atoms with E-state index in [1.165, 1.54) is 0 Å². The minimum Gasteiger partial charge on any atom is -0.508 e. The second-order valence-electron chi connectivity index (χ2n) is 4.09. The molecule has 1 N–H and O–H groups in total. The molecule has 0 saturated heterocycles. The summed E-state index contributed by atoms with van der Waals surface area (Å²) in [6.45, 7) is 3.98. The molecule has 0 aliphatic rings. The van der Waals surface area contributed by atoms with Crippen molar-refractivity contribution in [1.29, 1.82) is 0 Å². The van der Waals surface area contributed by atoms with Crippen molar-refractivity contribution in [3.8, 4) is 5.75 Å². The van der Waals surface area contributed by atoms with Gasteiger partial charge >= 0.3 is 0 Å². The average molecular weight is 220 g/mol. The predicted molar refractivity (Wildman–Crippen MR) is 65.7 cm³/mol. The third-order valence-electron chi connectivity index (χ3n) is 3.04. The van der Waals surface area contributed by atoms with E-state index >= 15 is 0 Å². The van der Waals surface area contributed by atoms with E-state index in [9.17, 15) is 9.90 Å². The molecule has 0 bridgehead atoms. The van der Waals surface area contributed by atoms with E-state index in [0.717, 1.165) is 18.4 Å². The summed E-state index contributed by atoms with van der Waals surface area (Å²) in [5, 5.41) is 9.75. The quantitative estimate of drug-likeness (QED) is 0.794. The van der Waals surface area contributed by atoms with E-state index in [0.29, 0.717) is 24.4 Å². The van der Waals surface area contributed by atoms with Gasteiger partial charge in [0.1, 0.15) is 11.5 Å². The van der Waals surface area contributed by atoms with Crippen LogP contribution in [0.2, 0.25) is 0 Å². The van der Waals surface area contributed by atoms with Crippen molar-refractivity contribution >= 4 is 5.78 Å². The second-order valence-corrected chi connectivity index (χ2v) is 4.09. The molecule has 88 valence electrons. The lowest BCUT2D eigenvalue weighted by molar-refractivity contribution is -0.118. The molecule has 2 nitrogen and oxygen atoms in total. The average Bonchev–Trinajstić information content (AvgIpc) is 2.31. The number of para-hydroxylation sites is 1. The van der Waals surface area contributed by atoms with Crippen LogP contribution in [0.4, 0.5) is 0 Å².